The smallest absolute Gasteiger partial charge is 0.336 e. The Morgan fingerprint density at radius 3 is 2.42 bits per heavy atom. The van der Waals surface area contributed by atoms with Gasteiger partial charge in [0.05, 0.1) is 11.3 Å². The first-order chi connectivity index (χ1) is 14.8. The fourth-order valence-electron chi connectivity index (χ4n) is 3.19. The number of benzene rings is 2. The molecule has 31 heavy (non-hydrogen) atoms. The predicted molar refractivity (Wildman–Crippen MR) is 111 cm³/mol. The lowest BCUT2D eigenvalue weighted by Gasteiger charge is -2.26. The number of carboxylic acids is 1. The van der Waals surface area contributed by atoms with Crippen molar-refractivity contribution in [2.45, 2.75) is 6.92 Å². The molecule has 2 N–H and O–H groups in total. The minimum absolute atomic E-state index is 0.0543. The molecule has 8 heteroatoms. The summed E-state index contributed by atoms with van der Waals surface area (Å²) in [5.41, 5.74) is 1.40. The topological polar surface area (TPSA) is 117 Å². The predicted octanol–water partition coefficient (Wildman–Crippen LogP) is 3.62. The molecule has 154 valence electrons. The molecule has 3 aromatic rings. The van der Waals surface area contributed by atoms with E-state index in [1.165, 1.54) is 18.2 Å². The van der Waals surface area contributed by atoms with E-state index in [1.807, 2.05) is 6.92 Å². The summed E-state index contributed by atoms with van der Waals surface area (Å²) in [6.07, 6.45) is 1.22. The molecule has 8 nitrogen and oxygen atoms in total. The van der Waals surface area contributed by atoms with Crippen LogP contribution >= 0.6 is 0 Å². The molecular formula is C23H16N2O6. The summed E-state index contributed by atoms with van der Waals surface area (Å²) in [7, 11) is 0. The van der Waals surface area contributed by atoms with Gasteiger partial charge < -0.3 is 9.52 Å². The fourth-order valence-corrected chi connectivity index (χ4v) is 3.19. The van der Waals surface area contributed by atoms with Crippen molar-refractivity contribution in [2.75, 3.05) is 4.90 Å². The Balaban J connectivity index is 1.69. The summed E-state index contributed by atoms with van der Waals surface area (Å²) in [4.78, 5) is 49.8. The molecule has 1 saturated heterocycles. The maximum atomic E-state index is 12.9. The number of urea groups is 1. The first-order valence-corrected chi connectivity index (χ1v) is 9.26. The van der Waals surface area contributed by atoms with E-state index >= 15 is 0 Å². The molecule has 1 aliphatic rings. The normalized spacial score (nSPS) is 15.3. The number of anilines is 1. The highest BCUT2D eigenvalue weighted by atomic mass is 16.4. The van der Waals surface area contributed by atoms with E-state index in [0.29, 0.717) is 11.3 Å². The fraction of sp³-hybridized carbons (Fsp3) is 0.0435. The molecule has 0 bridgehead atoms. The molecule has 0 unspecified atom stereocenters. The van der Waals surface area contributed by atoms with E-state index in [9.17, 15) is 24.3 Å². The third-order valence-corrected chi connectivity index (χ3v) is 4.73. The van der Waals surface area contributed by atoms with Crippen LogP contribution < -0.4 is 10.2 Å². The van der Waals surface area contributed by atoms with Crippen molar-refractivity contribution in [3.8, 4) is 11.3 Å². The van der Waals surface area contributed by atoms with E-state index in [4.69, 9.17) is 4.42 Å². The van der Waals surface area contributed by atoms with E-state index in [-0.39, 0.29) is 22.7 Å². The lowest BCUT2D eigenvalue weighted by molar-refractivity contribution is -0.122. The Bertz CT molecular complexity index is 1250. The van der Waals surface area contributed by atoms with E-state index in [2.05, 4.69) is 5.32 Å². The quantitative estimate of drug-likeness (QED) is 0.496. The Kier molecular flexibility index (Phi) is 4.96. The third kappa shape index (κ3) is 3.74. The van der Waals surface area contributed by atoms with Crippen LogP contribution in [-0.2, 0) is 9.59 Å². The Morgan fingerprint density at radius 2 is 1.71 bits per heavy atom. The average Bonchev–Trinajstić information content (AvgIpc) is 3.21. The van der Waals surface area contributed by atoms with Crippen molar-refractivity contribution < 1.29 is 28.7 Å². The van der Waals surface area contributed by atoms with Gasteiger partial charge in [-0.05, 0) is 43.3 Å². The van der Waals surface area contributed by atoms with Gasteiger partial charge in [0, 0.05) is 5.56 Å². The van der Waals surface area contributed by atoms with Gasteiger partial charge in [-0.3, -0.25) is 14.9 Å². The average molecular weight is 416 g/mol. The molecule has 1 aromatic heterocycles. The molecule has 0 spiro atoms. The van der Waals surface area contributed by atoms with Crippen LogP contribution in [-0.4, -0.2) is 28.9 Å². The number of rotatable bonds is 4. The molecule has 2 aromatic carbocycles. The maximum absolute atomic E-state index is 12.9. The first-order valence-electron chi connectivity index (χ1n) is 9.26. The Labute approximate surface area is 176 Å². The standard InChI is InChI=1S/C23H16N2O6/c1-13-6-8-14(9-7-13)25-21(27)18(20(26)24-23(25)30)12-15-10-11-19(31-15)16-4-2-3-5-17(16)22(28)29/h2-12H,1H3,(H,28,29)(H,24,26,30). The second kappa shape index (κ2) is 7.75. The summed E-state index contributed by atoms with van der Waals surface area (Å²) >= 11 is 0. The summed E-state index contributed by atoms with van der Waals surface area (Å²) < 4.78 is 5.67. The number of carboxylic acid groups (broad SMARTS) is 1. The molecule has 1 aliphatic heterocycles. The Hall–Kier alpha value is -4.46. The number of hydrogen-bond donors (Lipinski definition) is 2. The lowest BCUT2D eigenvalue weighted by Crippen LogP contribution is -2.54. The number of barbiturate groups is 1. The van der Waals surface area contributed by atoms with Crippen molar-refractivity contribution in [1.29, 1.82) is 0 Å². The van der Waals surface area contributed by atoms with Crippen molar-refractivity contribution in [2.24, 2.45) is 0 Å². The summed E-state index contributed by atoms with van der Waals surface area (Å²) in [6.45, 7) is 1.87. The number of amides is 4. The van der Waals surface area contributed by atoms with Gasteiger partial charge in [-0.25, -0.2) is 14.5 Å². The minimum Gasteiger partial charge on any atom is -0.478 e. The van der Waals surface area contributed by atoms with Gasteiger partial charge in [-0.1, -0.05) is 35.9 Å². The van der Waals surface area contributed by atoms with Gasteiger partial charge in [0.15, 0.2) is 0 Å². The highest BCUT2D eigenvalue weighted by Crippen LogP contribution is 2.28. The highest BCUT2D eigenvalue weighted by Gasteiger charge is 2.37. The number of imide groups is 2. The van der Waals surface area contributed by atoms with Gasteiger partial charge >= 0.3 is 12.0 Å². The first kappa shape index (κ1) is 19.8. The van der Waals surface area contributed by atoms with Crippen LogP contribution in [0.3, 0.4) is 0 Å². The van der Waals surface area contributed by atoms with E-state index < -0.39 is 23.8 Å². The van der Waals surface area contributed by atoms with Gasteiger partial charge in [0.1, 0.15) is 17.1 Å². The summed E-state index contributed by atoms with van der Waals surface area (Å²) in [5.74, 6) is -2.32. The monoisotopic (exact) mass is 416 g/mol. The maximum Gasteiger partial charge on any atom is 0.336 e. The van der Waals surface area contributed by atoms with Crippen molar-refractivity contribution >= 4 is 35.6 Å². The number of carbonyl (C=O) groups excluding carboxylic acids is 3. The second-order valence-corrected chi connectivity index (χ2v) is 6.85. The summed E-state index contributed by atoms with van der Waals surface area (Å²) in [5, 5.41) is 11.5. The van der Waals surface area contributed by atoms with Crippen LogP contribution in [0.25, 0.3) is 17.4 Å². The highest BCUT2D eigenvalue weighted by molar-refractivity contribution is 6.39. The number of aromatic carboxylic acids is 1. The number of carbonyl (C=O) groups is 4. The molecule has 0 atom stereocenters. The summed E-state index contributed by atoms with van der Waals surface area (Å²) in [6, 6.07) is 15.2. The van der Waals surface area contributed by atoms with Gasteiger partial charge in [-0.15, -0.1) is 0 Å². The zero-order valence-electron chi connectivity index (χ0n) is 16.3. The minimum atomic E-state index is -1.11. The largest absolute Gasteiger partial charge is 0.478 e. The molecule has 0 saturated carbocycles. The molecule has 4 rings (SSSR count). The number of hydrogen-bond acceptors (Lipinski definition) is 5. The number of nitrogens with zero attached hydrogens (tertiary/aromatic N) is 1. The molecule has 0 aliphatic carbocycles. The Morgan fingerprint density at radius 1 is 1.00 bits per heavy atom. The van der Waals surface area contributed by atoms with Crippen LogP contribution in [0.5, 0.6) is 0 Å². The number of nitrogens with one attached hydrogen (secondary N) is 1. The van der Waals surface area contributed by atoms with E-state index in [0.717, 1.165) is 10.5 Å². The van der Waals surface area contributed by atoms with Gasteiger partial charge in [0.2, 0.25) is 0 Å². The van der Waals surface area contributed by atoms with E-state index in [1.54, 1.807) is 48.5 Å². The van der Waals surface area contributed by atoms with Crippen molar-refractivity contribution in [3.63, 3.8) is 0 Å². The second-order valence-electron chi connectivity index (χ2n) is 6.85. The van der Waals surface area contributed by atoms with Crippen LogP contribution in [0.1, 0.15) is 21.7 Å². The number of furan rings is 1. The van der Waals surface area contributed by atoms with Crippen LogP contribution in [0.15, 0.2) is 70.7 Å². The third-order valence-electron chi connectivity index (χ3n) is 4.73. The zero-order chi connectivity index (χ0) is 22.1. The van der Waals surface area contributed by atoms with Crippen LogP contribution in [0.2, 0.25) is 0 Å². The van der Waals surface area contributed by atoms with Crippen LogP contribution in [0.4, 0.5) is 10.5 Å². The van der Waals surface area contributed by atoms with Crippen LogP contribution in [0, 0.1) is 6.92 Å². The number of aryl methyl sites for hydroxylation is 1. The molecule has 1 fully saturated rings. The van der Waals surface area contributed by atoms with Gasteiger partial charge in [-0.2, -0.15) is 0 Å². The lowest BCUT2D eigenvalue weighted by atomic mass is 10.1. The molecular weight excluding hydrogens is 400 g/mol. The SMILES string of the molecule is Cc1ccc(N2C(=O)NC(=O)C(=Cc3ccc(-c4ccccc4C(=O)O)o3)C2=O)cc1. The zero-order valence-corrected chi connectivity index (χ0v) is 16.3. The molecule has 4 amide bonds. The van der Waals surface area contributed by atoms with Crippen molar-refractivity contribution in [1.82, 2.24) is 5.32 Å². The molecule has 2 heterocycles. The van der Waals surface area contributed by atoms with Gasteiger partial charge in [0.25, 0.3) is 11.8 Å². The van der Waals surface area contributed by atoms with Crippen molar-refractivity contribution in [3.05, 3.63) is 83.1 Å². The molecule has 0 radical (unpaired) electrons.